The summed E-state index contributed by atoms with van der Waals surface area (Å²) < 4.78 is 7.57. The fraction of sp³-hybridized carbons (Fsp3) is 0.538. The van der Waals surface area contributed by atoms with Crippen molar-refractivity contribution < 1.29 is 4.74 Å². The zero-order chi connectivity index (χ0) is 13.1. The van der Waals surface area contributed by atoms with Crippen LogP contribution >= 0.6 is 31.9 Å². The quantitative estimate of drug-likeness (QED) is 0.808. The minimum absolute atomic E-state index is 0.103. The van der Waals surface area contributed by atoms with Gasteiger partial charge in [0.05, 0.1) is 5.60 Å². The first kappa shape index (κ1) is 15.0. The van der Waals surface area contributed by atoms with Gasteiger partial charge in [0.15, 0.2) is 0 Å². The summed E-state index contributed by atoms with van der Waals surface area (Å²) in [6, 6.07) is 6.48. The number of methoxy groups -OCH3 is 1. The summed E-state index contributed by atoms with van der Waals surface area (Å²) in [5.74, 6) is 0. The van der Waals surface area contributed by atoms with Crippen LogP contribution in [0.5, 0.6) is 0 Å². The molecule has 0 amide bonds. The highest BCUT2D eigenvalue weighted by atomic mass is 79.9. The van der Waals surface area contributed by atoms with E-state index in [4.69, 9.17) is 4.74 Å². The van der Waals surface area contributed by atoms with Crippen molar-refractivity contribution in [1.29, 1.82) is 0 Å². The highest BCUT2D eigenvalue weighted by Crippen LogP contribution is 2.28. The van der Waals surface area contributed by atoms with Gasteiger partial charge in [-0.05, 0) is 61.3 Å². The van der Waals surface area contributed by atoms with E-state index in [2.05, 4.69) is 64.0 Å². The van der Waals surface area contributed by atoms with Gasteiger partial charge in [0.1, 0.15) is 0 Å². The van der Waals surface area contributed by atoms with Crippen molar-refractivity contribution in [2.45, 2.75) is 38.8 Å². The van der Waals surface area contributed by atoms with E-state index in [0.717, 1.165) is 21.1 Å². The first-order valence-corrected chi connectivity index (χ1v) is 7.19. The molecular weight excluding hydrogens is 346 g/mol. The molecule has 2 nitrogen and oxygen atoms in total. The van der Waals surface area contributed by atoms with Crippen LogP contribution in [0, 0.1) is 0 Å². The Morgan fingerprint density at radius 2 is 2.00 bits per heavy atom. The molecule has 96 valence electrons. The largest absolute Gasteiger partial charge is 0.382 e. The van der Waals surface area contributed by atoms with Gasteiger partial charge < -0.3 is 10.1 Å². The molecule has 1 atom stereocenters. The second-order valence-corrected chi connectivity index (χ2v) is 6.61. The Balaban J connectivity index is 2.65. The van der Waals surface area contributed by atoms with Crippen LogP contribution in [0.3, 0.4) is 0 Å². The minimum atomic E-state index is -0.103. The second kappa shape index (κ2) is 6.21. The van der Waals surface area contributed by atoms with Crippen molar-refractivity contribution in [3.8, 4) is 0 Å². The molecule has 1 N–H and O–H groups in total. The predicted molar refractivity (Wildman–Crippen MR) is 80.6 cm³/mol. The molecule has 0 spiro atoms. The summed E-state index contributed by atoms with van der Waals surface area (Å²) in [6.07, 6.45) is 0.950. The smallest absolute Gasteiger partial charge is 0.0642 e. The topological polar surface area (TPSA) is 21.3 Å². The molecule has 17 heavy (non-hydrogen) atoms. The van der Waals surface area contributed by atoms with Crippen molar-refractivity contribution >= 4 is 37.5 Å². The lowest BCUT2D eigenvalue weighted by Crippen LogP contribution is -2.31. The van der Waals surface area contributed by atoms with Gasteiger partial charge in [-0.2, -0.15) is 0 Å². The molecular formula is C13H19Br2NO. The molecule has 0 aliphatic rings. The van der Waals surface area contributed by atoms with E-state index >= 15 is 0 Å². The zero-order valence-electron chi connectivity index (χ0n) is 10.7. The van der Waals surface area contributed by atoms with Gasteiger partial charge in [-0.1, -0.05) is 15.9 Å². The van der Waals surface area contributed by atoms with Gasteiger partial charge in [-0.25, -0.2) is 0 Å². The SMILES string of the molecule is COC(C)(C)CC(C)Nc1ccc(Br)cc1Br. The third-order valence-corrected chi connectivity index (χ3v) is 3.83. The maximum absolute atomic E-state index is 5.44. The van der Waals surface area contributed by atoms with Crippen LogP contribution < -0.4 is 5.32 Å². The summed E-state index contributed by atoms with van der Waals surface area (Å²) in [7, 11) is 1.75. The number of nitrogens with one attached hydrogen (secondary N) is 1. The monoisotopic (exact) mass is 363 g/mol. The molecule has 0 aliphatic heterocycles. The van der Waals surface area contributed by atoms with E-state index in [-0.39, 0.29) is 5.60 Å². The average molecular weight is 365 g/mol. The van der Waals surface area contributed by atoms with Gasteiger partial charge in [0.25, 0.3) is 0 Å². The van der Waals surface area contributed by atoms with Crippen molar-refractivity contribution in [3.05, 3.63) is 27.1 Å². The molecule has 0 saturated carbocycles. The molecule has 0 heterocycles. The number of benzene rings is 1. The number of hydrogen-bond donors (Lipinski definition) is 1. The Bertz CT molecular complexity index is 380. The number of rotatable bonds is 5. The highest BCUT2D eigenvalue weighted by molar-refractivity contribution is 9.11. The summed E-state index contributed by atoms with van der Waals surface area (Å²) in [5.41, 5.74) is 1.00. The van der Waals surface area contributed by atoms with E-state index in [1.807, 2.05) is 12.1 Å². The third-order valence-electron chi connectivity index (χ3n) is 2.68. The van der Waals surface area contributed by atoms with Crippen LogP contribution in [0.4, 0.5) is 5.69 Å². The van der Waals surface area contributed by atoms with E-state index in [1.165, 1.54) is 0 Å². The number of hydrogen-bond acceptors (Lipinski definition) is 2. The molecule has 1 unspecified atom stereocenters. The van der Waals surface area contributed by atoms with Crippen LogP contribution in [0.15, 0.2) is 27.1 Å². The lowest BCUT2D eigenvalue weighted by atomic mass is 10.00. The van der Waals surface area contributed by atoms with Crippen LogP contribution in [-0.2, 0) is 4.74 Å². The van der Waals surface area contributed by atoms with Crippen molar-refractivity contribution in [1.82, 2.24) is 0 Å². The Morgan fingerprint density at radius 3 is 2.53 bits per heavy atom. The second-order valence-electron chi connectivity index (χ2n) is 4.84. The van der Waals surface area contributed by atoms with Gasteiger partial charge in [0, 0.05) is 27.8 Å². The van der Waals surface area contributed by atoms with E-state index in [1.54, 1.807) is 7.11 Å². The van der Waals surface area contributed by atoms with Crippen LogP contribution in [0.2, 0.25) is 0 Å². The van der Waals surface area contributed by atoms with Gasteiger partial charge in [-0.3, -0.25) is 0 Å². The molecule has 0 fully saturated rings. The molecule has 1 rings (SSSR count). The maximum atomic E-state index is 5.44. The number of anilines is 1. The first-order valence-electron chi connectivity index (χ1n) is 5.61. The van der Waals surface area contributed by atoms with Crippen molar-refractivity contribution in [3.63, 3.8) is 0 Å². The molecule has 0 saturated heterocycles. The van der Waals surface area contributed by atoms with E-state index in [9.17, 15) is 0 Å². The summed E-state index contributed by atoms with van der Waals surface area (Å²) in [6.45, 7) is 6.36. The molecule has 1 aromatic rings. The van der Waals surface area contributed by atoms with E-state index < -0.39 is 0 Å². The summed E-state index contributed by atoms with van der Waals surface area (Å²) in [5, 5.41) is 3.48. The predicted octanol–water partition coefficient (Wildman–Crippen LogP) is 4.83. The van der Waals surface area contributed by atoms with Crippen LogP contribution in [0.25, 0.3) is 0 Å². The average Bonchev–Trinajstić information content (AvgIpc) is 2.21. The molecule has 0 aromatic heterocycles. The lowest BCUT2D eigenvalue weighted by Gasteiger charge is -2.27. The van der Waals surface area contributed by atoms with Crippen molar-refractivity contribution in [2.24, 2.45) is 0 Å². The molecule has 4 heteroatoms. The normalized spacial score (nSPS) is 13.5. The highest BCUT2D eigenvalue weighted by Gasteiger charge is 2.20. The Morgan fingerprint density at radius 1 is 1.35 bits per heavy atom. The maximum Gasteiger partial charge on any atom is 0.0642 e. The number of halogens is 2. The molecule has 1 aromatic carbocycles. The van der Waals surface area contributed by atoms with Gasteiger partial charge in [0.2, 0.25) is 0 Å². The summed E-state index contributed by atoms with van der Waals surface area (Å²) in [4.78, 5) is 0. The van der Waals surface area contributed by atoms with Gasteiger partial charge in [-0.15, -0.1) is 0 Å². The molecule has 0 radical (unpaired) electrons. The lowest BCUT2D eigenvalue weighted by molar-refractivity contribution is 0.0128. The fourth-order valence-corrected chi connectivity index (χ4v) is 2.91. The molecule has 0 aliphatic carbocycles. The fourth-order valence-electron chi connectivity index (χ4n) is 1.74. The van der Waals surface area contributed by atoms with Gasteiger partial charge >= 0.3 is 0 Å². The van der Waals surface area contributed by atoms with Crippen molar-refractivity contribution in [2.75, 3.05) is 12.4 Å². The number of ether oxygens (including phenoxy) is 1. The minimum Gasteiger partial charge on any atom is -0.382 e. The Kier molecular flexibility index (Phi) is 5.48. The Hall–Kier alpha value is -0.0600. The molecule has 0 bridgehead atoms. The van der Waals surface area contributed by atoms with Crippen LogP contribution in [-0.4, -0.2) is 18.8 Å². The standard InChI is InChI=1S/C13H19Br2NO/c1-9(8-13(2,3)17-4)16-12-6-5-10(14)7-11(12)15/h5-7,9,16H,8H2,1-4H3. The van der Waals surface area contributed by atoms with E-state index in [0.29, 0.717) is 6.04 Å². The Labute approximate surface area is 120 Å². The van der Waals surface area contributed by atoms with Crippen LogP contribution in [0.1, 0.15) is 27.2 Å². The third kappa shape index (κ3) is 4.98. The summed E-state index contributed by atoms with van der Waals surface area (Å²) >= 11 is 6.99. The zero-order valence-corrected chi connectivity index (χ0v) is 13.9. The first-order chi connectivity index (χ1) is 7.84.